The summed E-state index contributed by atoms with van der Waals surface area (Å²) in [5, 5.41) is 0. The molecule has 1 heterocycles. The van der Waals surface area contributed by atoms with E-state index in [1.54, 1.807) is 0 Å². The molecule has 0 radical (unpaired) electrons. The lowest BCUT2D eigenvalue weighted by Gasteiger charge is -2.58. The Balaban J connectivity index is 1.16. The number of rotatable bonds is 7. The molecule has 1 aromatic rings. The second-order valence-electron chi connectivity index (χ2n) is 15.2. The molecule has 0 bridgehead atoms. The fourth-order valence-corrected chi connectivity index (χ4v) is 10.5. The van der Waals surface area contributed by atoms with Gasteiger partial charge in [-0.2, -0.15) is 0 Å². The van der Waals surface area contributed by atoms with Crippen molar-refractivity contribution in [1.82, 2.24) is 0 Å². The number of benzene rings is 1. The summed E-state index contributed by atoms with van der Waals surface area (Å²) in [6.07, 6.45) is 9.17. The van der Waals surface area contributed by atoms with E-state index in [2.05, 4.69) is 20.8 Å². The van der Waals surface area contributed by atoms with Crippen molar-refractivity contribution in [2.75, 3.05) is 0 Å². The number of carbonyl (C=O) groups excluding carboxylic acids is 2. The zero-order chi connectivity index (χ0) is 30.9. The van der Waals surface area contributed by atoms with Crippen LogP contribution in [0.15, 0.2) is 29.8 Å². The topological polar surface area (TPSA) is 61.8 Å². The molecule has 0 N–H and O–H groups in total. The molecular weight excluding hydrogens is 550 g/mol. The van der Waals surface area contributed by atoms with Crippen LogP contribution in [0, 0.1) is 52.1 Å². The lowest BCUT2D eigenvalue weighted by molar-refractivity contribution is -0.147. The molecule has 1 aromatic carbocycles. The normalized spacial score (nSPS) is 39.2. The van der Waals surface area contributed by atoms with Gasteiger partial charge in [0.05, 0.1) is 11.7 Å². The van der Waals surface area contributed by atoms with Crippen LogP contribution in [0.3, 0.4) is 0 Å². The third kappa shape index (κ3) is 5.20. The Bertz CT molecular complexity index is 1290. The Labute approximate surface area is 255 Å². The van der Waals surface area contributed by atoms with E-state index in [4.69, 9.17) is 14.2 Å². The van der Waals surface area contributed by atoms with Crippen LogP contribution in [0.25, 0.3) is 0 Å². The van der Waals surface area contributed by atoms with Crippen molar-refractivity contribution >= 4 is 11.8 Å². The van der Waals surface area contributed by atoms with E-state index < -0.39 is 29.5 Å². The number of fused-ring (bicyclic) bond motifs is 7. The quantitative estimate of drug-likeness (QED) is 0.296. The lowest BCUT2D eigenvalue weighted by Crippen LogP contribution is -2.56. The van der Waals surface area contributed by atoms with Crippen molar-refractivity contribution in [2.24, 2.45) is 40.4 Å². The Kier molecular flexibility index (Phi) is 7.93. The summed E-state index contributed by atoms with van der Waals surface area (Å²) < 4.78 is 47.1. The first-order valence-corrected chi connectivity index (χ1v) is 16.5. The molecule has 1 saturated heterocycles. The third-order valence-corrected chi connectivity index (χ3v) is 12.3. The first-order chi connectivity index (χ1) is 20.2. The van der Waals surface area contributed by atoms with E-state index in [0.717, 1.165) is 44.9 Å². The summed E-state index contributed by atoms with van der Waals surface area (Å²) in [4.78, 5) is 25.8. The van der Waals surface area contributed by atoms with Gasteiger partial charge in [-0.05, 0) is 123 Å². The number of ether oxygens (including phenoxy) is 3. The Morgan fingerprint density at radius 1 is 1.00 bits per heavy atom. The van der Waals surface area contributed by atoms with Crippen LogP contribution in [0.4, 0.5) is 8.78 Å². The summed E-state index contributed by atoms with van der Waals surface area (Å²) in [7, 11) is 0. The molecule has 3 saturated carbocycles. The predicted molar refractivity (Wildman–Crippen MR) is 159 cm³/mol. The van der Waals surface area contributed by atoms with E-state index in [0.29, 0.717) is 36.5 Å². The molecular formula is C36H48F2O5. The number of hydrogen-bond acceptors (Lipinski definition) is 5. The van der Waals surface area contributed by atoms with Gasteiger partial charge in [-0.3, -0.25) is 9.59 Å². The van der Waals surface area contributed by atoms with Gasteiger partial charge >= 0.3 is 5.97 Å². The fraction of sp³-hybridized carbons (Fsp3) is 0.722. The minimum absolute atomic E-state index is 0.0274. The zero-order valence-electron chi connectivity index (χ0n) is 26.6. The molecule has 43 heavy (non-hydrogen) atoms. The standard InChI is InChI=1S/C36H48F2O5/c1-20(9-7-12-29(41-21(2)39)32-26(37)10-8-11-27(32)38)22-13-14-23-31-24(15-17-35(22,23)5)36(6)18-16-30-33(25(36)19-28(31)40)43-34(3,4)42-30/h8,10-11,19-20,22-24,29-31,33H,7,9,12-18H2,1-6H3/t20-,22-,23+,24+,29?,30+,31+,33-,35-,36-/m1/s1. The van der Waals surface area contributed by atoms with Crippen LogP contribution in [0.2, 0.25) is 0 Å². The number of esters is 1. The molecule has 7 heteroatoms. The second-order valence-corrected chi connectivity index (χ2v) is 15.2. The van der Waals surface area contributed by atoms with Crippen molar-refractivity contribution in [3.8, 4) is 0 Å². The molecule has 5 nitrogen and oxygen atoms in total. The summed E-state index contributed by atoms with van der Waals surface area (Å²) in [5.74, 6) is -0.650. The largest absolute Gasteiger partial charge is 0.457 e. The summed E-state index contributed by atoms with van der Waals surface area (Å²) in [6.45, 7) is 12.3. The predicted octanol–water partition coefficient (Wildman–Crippen LogP) is 8.26. The van der Waals surface area contributed by atoms with Crippen LogP contribution in [-0.4, -0.2) is 29.7 Å². The van der Waals surface area contributed by atoms with E-state index in [1.807, 2.05) is 19.9 Å². The van der Waals surface area contributed by atoms with Crippen molar-refractivity contribution in [3.63, 3.8) is 0 Å². The first kappa shape index (κ1) is 30.9. The molecule has 236 valence electrons. The summed E-state index contributed by atoms with van der Waals surface area (Å²) >= 11 is 0. The van der Waals surface area contributed by atoms with Gasteiger partial charge in [-0.1, -0.05) is 33.3 Å². The van der Waals surface area contributed by atoms with E-state index in [-0.39, 0.29) is 40.3 Å². The third-order valence-electron chi connectivity index (χ3n) is 12.3. The van der Waals surface area contributed by atoms with E-state index in [1.165, 1.54) is 30.7 Å². The molecule has 0 spiro atoms. The minimum atomic E-state index is -0.940. The average molecular weight is 599 g/mol. The molecule has 10 atom stereocenters. The smallest absolute Gasteiger partial charge is 0.303 e. The maximum Gasteiger partial charge on any atom is 0.303 e. The van der Waals surface area contributed by atoms with Gasteiger partial charge in [0.2, 0.25) is 0 Å². The van der Waals surface area contributed by atoms with Gasteiger partial charge in [0.1, 0.15) is 23.8 Å². The molecule has 5 aliphatic rings. The maximum atomic E-state index is 14.5. The van der Waals surface area contributed by atoms with Crippen LogP contribution in [-0.2, 0) is 23.8 Å². The number of allylic oxidation sites excluding steroid dienone is 1. The number of hydrogen-bond donors (Lipinski definition) is 0. The second kappa shape index (κ2) is 11.0. The molecule has 0 aromatic heterocycles. The molecule has 1 aliphatic heterocycles. The first-order valence-electron chi connectivity index (χ1n) is 16.5. The maximum absolute atomic E-state index is 14.5. The zero-order valence-corrected chi connectivity index (χ0v) is 26.6. The average Bonchev–Trinajstić information content (AvgIpc) is 3.44. The number of halogens is 2. The van der Waals surface area contributed by atoms with Gasteiger partial charge in [-0.25, -0.2) is 8.78 Å². The summed E-state index contributed by atoms with van der Waals surface area (Å²) in [5.41, 5.74) is 1.04. The van der Waals surface area contributed by atoms with Crippen LogP contribution in [0.5, 0.6) is 0 Å². The monoisotopic (exact) mass is 598 g/mol. The van der Waals surface area contributed by atoms with Gasteiger partial charge in [-0.15, -0.1) is 0 Å². The SMILES string of the molecule is CC(=O)OC(CCC[C@@H](C)[C@H]1CC[C@H]2[C@@H]3C(=O)C=C4[C@H]5OC(C)(C)O[C@H]5CC[C@]4(C)[C@H]3CC[C@]12C)c1c(F)cccc1F. The number of carbonyl (C=O) groups is 2. The molecule has 4 fully saturated rings. The Morgan fingerprint density at radius 2 is 1.72 bits per heavy atom. The van der Waals surface area contributed by atoms with Crippen molar-refractivity contribution in [2.45, 2.75) is 123 Å². The van der Waals surface area contributed by atoms with E-state index >= 15 is 0 Å². The molecule has 0 amide bonds. The molecule has 1 unspecified atom stereocenters. The van der Waals surface area contributed by atoms with Crippen LogP contribution < -0.4 is 0 Å². The Hall–Kier alpha value is -2.12. The minimum Gasteiger partial charge on any atom is -0.457 e. The highest BCUT2D eigenvalue weighted by atomic mass is 19.1. The van der Waals surface area contributed by atoms with Crippen molar-refractivity contribution in [3.05, 3.63) is 47.0 Å². The van der Waals surface area contributed by atoms with Gasteiger partial charge in [0.15, 0.2) is 11.6 Å². The fourth-order valence-electron chi connectivity index (χ4n) is 10.5. The summed E-state index contributed by atoms with van der Waals surface area (Å²) in [6, 6.07) is 3.74. The van der Waals surface area contributed by atoms with Crippen LogP contribution >= 0.6 is 0 Å². The number of ketones is 1. The molecule has 6 rings (SSSR count). The Morgan fingerprint density at radius 3 is 2.42 bits per heavy atom. The highest BCUT2D eigenvalue weighted by Crippen LogP contribution is 2.67. The molecule has 4 aliphatic carbocycles. The van der Waals surface area contributed by atoms with Crippen molar-refractivity contribution in [1.29, 1.82) is 0 Å². The van der Waals surface area contributed by atoms with Gasteiger partial charge < -0.3 is 14.2 Å². The highest BCUT2D eigenvalue weighted by Gasteiger charge is 2.63. The van der Waals surface area contributed by atoms with E-state index in [9.17, 15) is 18.4 Å². The van der Waals surface area contributed by atoms with Gasteiger partial charge in [0, 0.05) is 12.8 Å². The van der Waals surface area contributed by atoms with Gasteiger partial charge in [0.25, 0.3) is 0 Å². The van der Waals surface area contributed by atoms with Crippen LogP contribution in [0.1, 0.15) is 111 Å². The van der Waals surface area contributed by atoms with Crippen molar-refractivity contribution < 1.29 is 32.6 Å². The highest BCUT2D eigenvalue weighted by molar-refractivity contribution is 5.95. The lowest BCUT2D eigenvalue weighted by atomic mass is 9.46.